The number of rotatable bonds is 9. The fourth-order valence-corrected chi connectivity index (χ4v) is 2.55. The molecule has 3 rings (SSSR count). The van der Waals surface area contributed by atoms with Gasteiger partial charge in [0.2, 0.25) is 18.6 Å². The van der Waals surface area contributed by atoms with Crippen LogP contribution in [0.2, 0.25) is 0 Å². The van der Waals surface area contributed by atoms with Crippen molar-refractivity contribution in [2.75, 3.05) is 27.1 Å². The van der Waals surface area contributed by atoms with Crippen LogP contribution in [0.4, 0.5) is 0 Å². The molecule has 2 aromatic rings. The maximum Gasteiger partial charge on any atom is 0.231 e. The molecule has 2 aromatic carbocycles. The van der Waals surface area contributed by atoms with Gasteiger partial charge in [-0.1, -0.05) is 6.07 Å². The first-order valence-electron chi connectivity index (χ1n) is 8.83. The second-order valence-corrected chi connectivity index (χ2v) is 6.02. The zero-order valence-corrected chi connectivity index (χ0v) is 15.5. The molecule has 0 fully saturated rings. The molecule has 0 bridgehead atoms. The largest absolute Gasteiger partial charge is 0.497 e. The minimum Gasteiger partial charge on any atom is -0.497 e. The summed E-state index contributed by atoms with van der Waals surface area (Å²) in [4.78, 5) is 23.7. The summed E-state index contributed by atoms with van der Waals surface area (Å²) in [7, 11) is 1.59. The van der Waals surface area contributed by atoms with Gasteiger partial charge in [-0.15, -0.1) is 0 Å². The van der Waals surface area contributed by atoms with E-state index in [-0.39, 0.29) is 25.0 Å². The molecule has 8 heteroatoms. The van der Waals surface area contributed by atoms with Gasteiger partial charge in [0.1, 0.15) is 24.5 Å². The third-order valence-electron chi connectivity index (χ3n) is 4.00. The van der Waals surface area contributed by atoms with Gasteiger partial charge in [-0.25, -0.2) is 0 Å². The number of carbonyl (C=O) groups excluding carboxylic acids is 2. The van der Waals surface area contributed by atoms with Gasteiger partial charge in [-0.05, 0) is 42.0 Å². The number of hydrogen-bond donors (Lipinski definition) is 2. The van der Waals surface area contributed by atoms with E-state index in [1.54, 1.807) is 43.5 Å². The van der Waals surface area contributed by atoms with Crippen LogP contribution >= 0.6 is 0 Å². The van der Waals surface area contributed by atoms with Gasteiger partial charge in [0.25, 0.3) is 0 Å². The first-order chi connectivity index (χ1) is 13.6. The van der Waals surface area contributed by atoms with Gasteiger partial charge in [0.05, 0.1) is 13.7 Å². The highest BCUT2D eigenvalue weighted by Gasteiger charge is 2.14. The van der Waals surface area contributed by atoms with Gasteiger partial charge in [-0.3, -0.25) is 9.59 Å². The van der Waals surface area contributed by atoms with Crippen molar-refractivity contribution in [2.45, 2.75) is 13.0 Å². The van der Waals surface area contributed by atoms with Crippen molar-refractivity contribution in [3.63, 3.8) is 0 Å². The minimum absolute atomic E-state index is 0.202. The van der Waals surface area contributed by atoms with Crippen LogP contribution in [0.1, 0.15) is 12.0 Å². The van der Waals surface area contributed by atoms with E-state index in [2.05, 4.69) is 10.6 Å². The molecule has 2 amide bonds. The van der Waals surface area contributed by atoms with E-state index in [0.29, 0.717) is 36.9 Å². The maximum absolute atomic E-state index is 11.9. The van der Waals surface area contributed by atoms with Crippen LogP contribution in [0.5, 0.6) is 23.0 Å². The first kappa shape index (κ1) is 19.3. The monoisotopic (exact) mass is 386 g/mol. The number of methoxy groups -OCH3 is 1. The van der Waals surface area contributed by atoms with E-state index in [9.17, 15) is 9.59 Å². The molecule has 0 saturated carbocycles. The van der Waals surface area contributed by atoms with Crippen LogP contribution in [-0.2, 0) is 16.1 Å². The van der Waals surface area contributed by atoms with Gasteiger partial charge >= 0.3 is 0 Å². The van der Waals surface area contributed by atoms with Gasteiger partial charge in [0.15, 0.2) is 11.5 Å². The predicted octanol–water partition coefficient (Wildman–Crippen LogP) is 1.63. The third-order valence-corrected chi connectivity index (χ3v) is 4.00. The Hall–Kier alpha value is -3.42. The predicted molar refractivity (Wildman–Crippen MR) is 101 cm³/mol. The second kappa shape index (κ2) is 9.50. The smallest absolute Gasteiger partial charge is 0.231 e. The highest BCUT2D eigenvalue weighted by atomic mass is 16.7. The summed E-state index contributed by atoms with van der Waals surface area (Å²) < 4.78 is 21.1. The number of fused-ring (bicyclic) bond motifs is 1. The second-order valence-electron chi connectivity index (χ2n) is 6.02. The molecule has 0 saturated heterocycles. The topological polar surface area (TPSA) is 95.1 Å². The van der Waals surface area contributed by atoms with Crippen molar-refractivity contribution in [3.05, 3.63) is 48.0 Å². The van der Waals surface area contributed by atoms with Crippen molar-refractivity contribution in [1.29, 1.82) is 0 Å². The van der Waals surface area contributed by atoms with E-state index >= 15 is 0 Å². The quantitative estimate of drug-likeness (QED) is 0.502. The minimum atomic E-state index is -0.360. The molecule has 0 atom stereocenters. The zero-order valence-electron chi connectivity index (χ0n) is 15.5. The van der Waals surface area contributed by atoms with Crippen molar-refractivity contribution in [2.24, 2.45) is 0 Å². The average molecular weight is 386 g/mol. The van der Waals surface area contributed by atoms with Gasteiger partial charge < -0.3 is 29.6 Å². The van der Waals surface area contributed by atoms with E-state index in [1.807, 2.05) is 6.07 Å². The Balaban J connectivity index is 1.31. The lowest BCUT2D eigenvalue weighted by atomic mass is 10.2. The number of nitrogens with one attached hydrogen (secondary N) is 2. The SMILES string of the molecule is COc1ccc(OCCNC(=O)CC(=O)NCc2ccc3c(c2)OCO3)cc1. The molecule has 1 aliphatic heterocycles. The summed E-state index contributed by atoms with van der Waals surface area (Å²) in [5, 5.41) is 5.36. The van der Waals surface area contributed by atoms with Crippen LogP contribution in [0.15, 0.2) is 42.5 Å². The van der Waals surface area contributed by atoms with Crippen LogP contribution in [0.3, 0.4) is 0 Å². The molecule has 148 valence electrons. The molecule has 0 aliphatic carbocycles. The highest BCUT2D eigenvalue weighted by molar-refractivity contribution is 5.96. The third kappa shape index (κ3) is 5.54. The Morgan fingerprint density at radius 3 is 2.46 bits per heavy atom. The van der Waals surface area contributed by atoms with E-state index in [1.165, 1.54) is 0 Å². The van der Waals surface area contributed by atoms with E-state index in [4.69, 9.17) is 18.9 Å². The molecule has 2 N–H and O–H groups in total. The summed E-state index contributed by atoms with van der Waals surface area (Å²) in [6.45, 7) is 1.12. The summed E-state index contributed by atoms with van der Waals surface area (Å²) in [5.41, 5.74) is 0.867. The lowest BCUT2D eigenvalue weighted by molar-refractivity contribution is -0.129. The van der Waals surface area contributed by atoms with Crippen molar-refractivity contribution >= 4 is 11.8 Å². The van der Waals surface area contributed by atoms with Crippen molar-refractivity contribution in [3.8, 4) is 23.0 Å². The molecule has 28 heavy (non-hydrogen) atoms. The highest BCUT2D eigenvalue weighted by Crippen LogP contribution is 2.32. The Morgan fingerprint density at radius 1 is 0.964 bits per heavy atom. The average Bonchev–Trinajstić information content (AvgIpc) is 3.18. The molecule has 8 nitrogen and oxygen atoms in total. The van der Waals surface area contributed by atoms with Crippen LogP contribution in [-0.4, -0.2) is 38.9 Å². The summed E-state index contributed by atoms with van der Waals surface area (Å²) in [6, 6.07) is 12.6. The van der Waals surface area contributed by atoms with Gasteiger partial charge in [-0.2, -0.15) is 0 Å². The Bertz CT molecular complexity index is 822. The molecule has 0 aromatic heterocycles. The fourth-order valence-electron chi connectivity index (χ4n) is 2.55. The molecule has 0 radical (unpaired) electrons. The lowest BCUT2D eigenvalue weighted by Gasteiger charge is -2.09. The number of carbonyl (C=O) groups is 2. The molecule has 1 heterocycles. The number of ether oxygens (including phenoxy) is 4. The molecule has 0 unspecified atom stereocenters. The Morgan fingerprint density at radius 2 is 1.68 bits per heavy atom. The van der Waals surface area contributed by atoms with Crippen LogP contribution in [0, 0.1) is 0 Å². The van der Waals surface area contributed by atoms with E-state index < -0.39 is 0 Å². The summed E-state index contributed by atoms with van der Waals surface area (Å²) in [5.74, 6) is 2.05. The normalized spacial score (nSPS) is 11.6. The molecule has 1 aliphatic rings. The maximum atomic E-state index is 11.9. The van der Waals surface area contributed by atoms with E-state index in [0.717, 1.165) is 11.3 Å². The number of hydrogen-bond acceptors (Lipinski definition) is 6. The Labute approximate surface area is 162 Å². The van der Waals surface area contributed by atoms with Crippen LogP contribution in [0.25, 0.3) is 0 Å². The standard InChI is InChI=1S/C20H22N2O6/c1-25-15-3-5-16(6-4-15)26-9-8-21-19(23)11-20(24)22-12-14-2-7-17-18(10-14)28-13-27-17/h2-7,10H,8-9,11-13H2,1H3,(H,21,23)(H,22,24). The van der Waals surface area contributed by atoms with Gasteiger partial charge in [0, 0.05) is 6.54 Å². The number of benzene rings is 2. The van der Waals surface area contributed by atoms with Crippen LogP contribution < -0.4 is 29.6 Å². The first-order valence-corrected chi connectivity index (χ1v) is 8.83. The number of amides is 2. The molecular weight excluding hydrogens is 364 g/mol. The van der Waals surface area contributed by atoms with Crippen molar-refractivity contribution in [1.82, 2.24) is 10.6 Å². The lowest BCUT2D eigenvalue weighted by Crippen LogP contribution is -2.33. The molecular formula is C20H22N2O6. The zero-order chi connectivity index (χ0) is 19.8. The summed E-state index contributed by atoms with van der Waals surface area (Å²) in [6.07, 6.45) is -0.243. The fraction of sp³-hybridized carbons (Fsp3) is 0.300. The molecule has 0 spiro atoms. The van der Waals surface area contributed by atoms with Crippen molar-refractivity contribution < 1.29 is 28.5 Å². The summed E-state index contributed by atoms with van der Waals surface area (Å²) >= 11 is 0. The Kier molecular flexibility index (Phi) is 6.56.